The number of rotatable bonds is 0. The molecule has 0 N–H and O–H groups in total. The predicted molar refractivity (Wildman–Crippen MR) is 133 cm³/mol. The first kappa shape index (κ1) is 27.0. The van der Waals surface area contributed by atoms with E-state index in [1.54, 1.807) is 48.5 Å². The van der Waals surface area contributed by atoms with Gasteiger partial charge in [-0.25, -0.2) is 0 Å². The van der Waals surface area contributed by atoms with Gasteiger partial charge in [-0.05, 0) is 49.9 Å². The number of nitriles is 1. The van der Waals surface area contributed by atoms with Crippen molar-refractivity contribution >= 4 is 33.4 Å². The average molecular weight is 555 g/mol. The summed E-state index contributed by atoms with van der Waals surface area (Å²) in [6.07, 6.45) is -10.4. The van der Waals surface area contributed by atoms with Gasteiger partial charge in [-0.1, -0.05) is 60.7 Å². The summed E-state index contributed by atoms with van der Waals surface area (Å²) >= 11 is 0. The van der Waals surface area contributed by atoms with Crippen molar-refractivity contribution in [1.29, 1.82) is 5.26 Å². The van der Waals surface area contributed by atoms with Crippen molar-refractivity contribution in [1.82, 2.24) is 9.80 Å². The number of carbonyl (C=O) groups is 2. The monoisotopic (exact) mass is 555 g/mol. The number of benzene rings is 4. The highest BCUT2D eigenvalue weighted by molar-refractivity contribution is 6.06. The fraction of sp³-hybridized carbons (Fsp3) is 0.207. The Morgan fingerprint density at radius 2 is 1.07 bits per heavy atom. The summed E-state index contributed by atoms with van der Waals surface area (Å²) in [4.78, 5) is 26.5. The van der Waals surface area contributed by atoms with Gasteiger partial charge in [-0.2, -0.15) is 31.6 Å². The van der Waals surface area contributed by atoms with Crippen LogP contribution in [0.2, 0.25) is 0 Å². The quantitative estimate of drug-likeness (QED) is 0.187. The zero-order chi connectivity index (χ0) is 28.8. The van der Waals surface area contributed by atoms with E-state index in [0.29, 0.717) is 42.5 Å². The average Bonchev–Trinajstić information content (AvgIpc) is 2.92. The molecule has 0 unspecified atom stereocenters. The number of hydrogen-bond donors (Lipinski definition) is 0. The van der Waals surface area contributed by atoms with Gasteiger partial charge < -0.3 is 9.80 Å². The molecule has 0 radical (unpaired) electrons. The molecule has 11 heteroatoms. The topological polar surface area (TPSA) is 64.4 Å². The van der Waals surface area contributed by atoms with E-state index < -0.39 is 50.3 Å². The molecular formula is C29H19F6N3O2. The highest BCUT2D eigenvalue weighted by Crippen LogP contribution is 2.37. The van der Waals surface area contributed by atoms with Gasteiger partial charge in [0.05, 0.1) is 11.6 Å². The lowest BCUT2D eigenvalue weighted by Crippen LogP contribution is -2.41. The van der Waals surface area contributed by atoms with Crippen molar-refractivity contribution in [2.24, 2.45) is 0 Å². The third-order valence-electron chi connectivity index (χ3n) is 6.94. The standard InChI is InChI=1S/C29H19F6N3O2/c30-28(31,32)26(39)37-13-17-9-10-18(19(11-17)12-36)14-38(27(40)29(33,34)35)16-25-22-7-3-1-5-20(22)24(15-37)21-6-2-4-8-23(21)25/h1-11H,13-16H2. The third kappa shape index (κ3) is 4.93. The van der Waals surface area contributed by atoms with Crippen molar-refractivity contribution < 1.29 is 35.9 Å². The molecule has 4 heterocycles. The molecule has 2 amide bonds. The molecule has 204 valence electrons. The molecule has 0 atom stereocenters. The Kier molecular flexibility index (Phi) is 6.66. The number of nitrogens with zero attached hydrogens (tertiary/aromatic N) is 3. The van der Waals surface area contributed by atoms with Crippen LogP contribution in [0.15, 0.2) is 66.7 Å². The molecule has 4 aliphatic heterocycles. The normalized spacial score (nSPS) is 14.4. The van der Waals surface area contributed by atoms with Crippen LogP contribution in [0.5, 0.6) is 0 Å². The summed E-state index contributed by atoms with van der Waals surface area (Å²) in [6.45, 7) is -2.04. The molecule has 5 nitrogen and oxygen atoms in total. The molecule has 40 heavy (non-hydrogen) atoms. The second kappa shape index (κ2) is 9.86. The Labute approximate surface area is 223 Å². The van der Waals surface area contributed by atoms with Gasteiger partial charge in [0.25, 0.3) is 0 Å². The summed E-state index contributed by atoms with van der Waals surface area (Å²) in [6, 6.07) is 18.7. The number of hydrogen-bond acceptors (Lipinski definition) is 3. The summed E-state index contributed by atoms with van der Waals surface area (Å²) in [7, 11) is 0. The minimum absolute atomic E-state index is 0.0832. The van der Waals surface area contributed by atoms with E-state index in [1.165, 1.54) is 18.2 Å². The molecular weight excluding hydrogens is 536 g/mol. The van der Waals surface area contributed by atoms with Crippen molar-refractivity contribution in [3.8, 4) is 6.07 Å². The zero-order valence-electron chi connectivity index (χ0n) is 20.6. The Balaban J connectivity index is 1.83. The minimum atomic E-state index is -5.19. The second-order valence-electron chi connectivity index (χ2n) is 9.47. The predicted octanol–water partition coefficient (Wildman–Crippen LogP) is 6.36. The maximum atomic E-state index is 13.7. The van der Waals surface area contributed by atoms with Crippen LogP contribution < -0.4 is 0 Å². The van der Waals surface area contributed by atoms with Crippen molar-refractivity contribution in [2.45, 2.75) is 38.5 Å². The number of carbonyl (C=O) groups excluding carboxylic acids is 2. The Hall–Kier alpha value is -4.59. The van der Waals surface area contributed by atoms with Crippen LogP contribution in [-0.4, -0.2) is 34.0 Å². The van der Waals surface area contributed by atoms with E-state index in [-0.39, 0.29) is 16.7 Å². The zero-order valence-corrected chi connectivity index (χ0v) is 20.6. The lowest BCUT2D eigenvalue weighted by molar-refractivity contribution is -0.186. The van der Waals surface area contributed by atoms with E-state index in [4.69, 9.17) is 0 Å². The van der Waals surface area contributed by atoms with Crippen molar-refractivity contribution in [2.75, 3.05) is 0 Å². The first-order valence-electron chi connectivity index (χ1n) is 12.0. The molecule has 0 spiro atoms. The van der Waals surface area contributed by atoms with Crippen LogP contribution in [0.4, 0.5) is 26.3 Å². The summed E-state index contributed by atoms with van der Waals surface area (Å²) in [5, 5.41) is 11.4. The number of alkyl halides is 6. The van der Waals surface area contributed by atoms with Crippen LogP contribution in [0.25, 0.3) is 21.5 Å². The number of amides is 2. The van der Waals surface area contributed by atoms with Gasteiger partial charge in [0.1, 0.15) is 0 Å². The molecule has 0 aliphatic carbocycles. The Morgan fingerprint density at radius 1 is 0.650 bits per heavy atom. The molecule has 4 bridgehead atoms. The van der Waals surface area contributed by atoms with E-state index >= 15 is 0 Å². The van der Waals surface area contributed by atoms with Gasteiger partial charge in [0, 0.05) is 26.2 Å². The molecule has 0 saturated heterocycles. The first-order chi connectivity index (χ1) is 18.9. The van der Waals surface area contributed by atoms with Gasteiger partial charge in [0.2, 0.25) is 0 Å². The SMILES string of the molecule is N#Cc1cc2ccc1CN(C(=O)C(F)(F)F)Cc1c3ccccc3c(c3ccccc13)CN(C(=O)C(F)(F)F)C2. The van der Waals surface area contributed by atoms with Gasteiger partial charge >= 0.3 is 24.2 Å². The fourth-order valence-corrected chi connectivity index (χ4v) is 5.18. The second-order valence-corrected chi connectivity index (χ2v) is 9.47. The third-order valence-corrected chi connectivity index (χ3v) is 6.94. The van der Waals surface area contributed by atoms with Crippen molar-refractivity contribution in [3.63, 3.8) is 0 Å². The lowest BCUT2D eigenvalue weighted by Gasteiger charge is -2.29. The molecule has 4 aromatic carbocycles. The highest BCUT2D eigenvalue weighted by Gasteiger charge is 2.44. The molecule has 8 rings (SSSR count). The van der Waals surface area contributed by atoms with E-state index in [2.05, 4.69) is 0 Å². The minimum Gasteiger partial charge on any atom is -0.326 e. The van der Waals surface area contributed by atoms with Crippen LogP contribution in [0, 0.1) is 11.3 Å². The molecule has 4 aliphatic rings. The van der Waals surface area contributed by atoms with E-state index in [1.807, 2.05) is 6.07 Å². The van der Waals surface area contributed by atoms with Crippen LogP contribution in [0.3, 0.4) is 0 Å². The Bertz CT molecular complexity index is 1650. The maximum absolute atomic E-state index is 13.7. The smallest absolute Gasteiger partial charge is 0.326 e. The lowest BCUT2D eigenvalue weighted by atomic mass is 9.90. The van der Waals surface area contributed by atoms with Gasteiger partial charge in [-0.3, -0.25) is 9.59 Å². The van der Waals surface area contributed by atoms with Gasteiger partial charge in [-0.15, -0.1) is 0 Å². The van der Waals surface area contributed by atoms with Crippen LogP contribution in [0.1, 0.15) is 27.8 Å². The fourth-order valence-electron chi connectivity index (χ4n) is 5.18. The Morgan fingerprint density at radius 3 is 1.48 bits per heavy atom. The summed E-state index contributed by atoms with van der Waals surface area (Å²) in [5.74, 6) is -4.16. The maximum Gasteiger partial charge on any atom is 0.471 e. The van der Waals surface area contributed by atoms with E-state index in [9.17, 15) is 41.2 Å². The van der Waals surface area contributed by atoms with Crippen molar-refractivity contribution in [3.05, 3.63) is 94.5 Å². The largest absolute Gasteiger partial charge is 0.471 e. The molecule has 0 fully saturated rings. The summed E-state index contributed by atoms with van der Waals surface area (Å²) < 4.78 is 82.3. The van der Waals surface area contributed by atoms with Crippen LogP contribution in [-0.2, 0) is 35.8 Å². The van der Waals surface area contributed by atoms with Gasteiger partial charge in [0.15, 0.2) is 0 Å². The first-order valence-corrected chi connectivity index (χ1v) is 12.0. The van der Waals surface area contributed by atoms with Crippen LogP contribution >= 0.6 is 0 Å². The molecule has 4 aromatic rings. The summed E-state index contributed by atoms with van der Waals surface area (Å²) in [5.41, 5.74) is 0.871. The highest BCUT2D eigenvalue weighted by atomic mass is 19.4. The molecule has 0 saturated carbocycles. The number of halogens is 6. The van der Waals surface area contributed by atoms with E-state index in [0.717, 1.165) is 0 Å². The molecule has 0 aromatic heterocycles.